The summed E-state index contributed by atoms with van der Waals surface area (Å²) in [7, 11) is 4.91. The van der Waals surface area contributed by atoms with Crippen LogP contribution in [-0.4, -0.2) is 87.9 Å². The highest BCUT2D eigenvalue weighted by Crippen LogP contribution is 2.57. The predicted octanol–water partition coefficient (Wildman–Crippen LogP) is 0.450. The zero-order chi connectivity index (χ0) is 28.3. The smallest absolute Gasteiger partial charge is 0.216 e. The van der Waals surface area contributed by atoms with E-state index < -0.39 is 63.3 Å². The third-order valence-corrected chi connectivity index (χ3v) is 8.07. The molecule has 11 nitrogen and oxygen atoms in total. The number of carbonyl (C=O) groups is 4. The predicted molar refractivity (Wildman–Crippen MR) is 136 cm³/mol. The quantitative estimate of drug-likeness (QED) is 0.285. The Balaban J connectivity index is 2.07. The van der Waals surface area contributed by atoms with E-state index in [9.17, 15) is 39.6 Å². The Hall–Kier alpha value is -3.54. The SMILES string of the molecule is CNCc1ccc(O)c2c1C[C@@]1(CNC(C)=O)C[C@H]3[C@H](N(C)C)C(O)=C(C(C)=O)C(=O)[C@@]3(O)C(O)=C1C2=O. The van der Waals surface area contributed by atoms with Crippen LogP contribution >= 0.6 is 0 Å². The molecular weight excluding hydrogens is 494 g/mol. The van der Waals surface area contributed by atoms with Gasteiger partial charge >= 0.3 is 0 Å². The van der Waals surface area contributed by atoms with Crippen molar-refractivity contribution < 1.29 is 39.6 Å². The molecule has 3 aliphatic rings. The summed E-state index contributed by atoms with van der Waals surface area (Å²) >= 11 is 0. The number of aliphatic hydroxyl groups excluding tert-OH is 2. The lowest BCUT2D eigenvalue weighted by Gasteiger charge is -2.54. The normalized spacial score (nSPS) is 28.7. The van der Waals surface area contributed by atoms with Gasteiger partial charge in [0.2, 0.25) is 11.7 Å². The van der Waals surface area contributed by atoms with Gasteiger partial charge in [-0.05, 0) is 58.1 Å². The number of nitrogens with zero attached hydrogens (tertiary/aromatic N) is 1. The van der Waals surface area contributed by atoms with Crippen LogP contribution in [0.3, 0.4) is 0 Å². The van der Waals surface area contributed by atoms with Gasteiger partial charge in [0, 0.05) is 36.9 Å². The lowest BCUT2D eigenvalue weighted by molar-refractivity contribution is -0.150. The number of Topliss-reactive ketones (excluding diaryl/α,β-unsaturated/α-hetero) is 3. The van der Waals surface area contributed by atoms with Crippen molar-refractivity contribution in [3.05, 3.63) is 51.5 Å². The van der Waals surface area contributed by atoms with E-state index in [0.717, 1.165) is 12.5 Å². The number of phenolic OH excluding ortho intramolecular Hbond substituents is 1. The molecule has 0 aliphatic heterocycles. The van der Waals surface area contributed by atoms with Crippen LogP contribution < -0.4 is 10.6 Å². The summed E-state index contributed by atoms with van der Waals surface area (Å²) in [6, 6.07) is 1.98. The van der Waals surface area contributed by atoms with Crippen LogP contribution in [-0.2, 0) is 27.3 Å². The lowest BCUT2D eigenvalue weighted by atomic mass is 9.52. The highest BCUT2D eigenvalue weighted by molar-refractivity contribution is 6.25. The second-order valence-corrected chi connectivity index (χ2v) is 10.7. The van der Waals surface area contributed by atoms with Gasteiger partial charge in [-0.25, -0.2) is 0 Å². The van der Waals surface area contributed by atoms with Crippen molar-refractivity contribution in [2.75, 3.05) is 27.7 Å². The molecule has 4 atom stereocenters. The maximum absolute atomic E-state index is 14.0. The van der Waals surface area contributed by atoms with Crippen LogP contribution in [0.25, 0.3) is 0 Å². The second-order valence-electron chi connectivity index (χ2n) is 10.7. The first kappa shape index (κ1) is 27.5. The summed E-state index contributed by atoms with van der Waals surface area (Å²) in [6.07, 6.45) is -0.0169. The molecule has 38 heavy (non-hydrogen) atoms. The molecule has 0 spiro atoms. The highest BCUT2D eigenvalue weighted by atomic mass is 16.3. The number of fused-ring (bicyclic) bond motifs is 3. The van der Waals surface area contributed by atoms with Gasteiger partial charge in [0.1, 0.15) is 22.8 Å². The van der Waals surface area contributed by atoms with Gasteiger partial charge in [-0.1, -0.05) is 6.07 Å². The number of aromatic hydroxyl groups is 1. The number of nitrogens with one attached hydrogen (secondary N) is 2. The number of hydrogen-bond donors (Lipinski definition) is 6. The van der Waals surface area contributed by atoms with Crippen molar-refractivity contribution in [2.45, 2.75) is 44.9 Å². The largest absolute Gasteiger partial charge is 0.510 e. The molecule has 0 heterocycles. The first-order chi connectivity index (χ1) is 17.7. The summed E-state index contributed by atoms with van der Waals surface area (Å²) in [4.78, 5) is 53.5. The Morgan fingerprint density at radius 3 is 2.34 bits per heavy atom. The Bertz CT molecular complexity index is 1330. The first-order valence-corrected chi connectivity index (χ1v) is 12.3. The molecule has 4 rings (SSSR count). The first-order valence-electron chi connectivity index (χ1n) is 12.3. The van der Waals surface area contributed by atoms with E-state index >= 15 is 0 Å². The summed E-state index contributed by atoms with van der Waals surface area (Å²) in [5.74, 6) is -6.13. The average Bonchev–Trinajstić information content (AvgIpc) is 2.81. The molecule has 1 aromatic carbocycles. The van der Waals surface area contributed by atoms with Gasteiger partial charge in [0.15, 0.2) is 17.2 Å². The van der Waals surface area contributed by atoms with Gasteiger partial charge in [-0.3, -0.25) is 24.1 Å². The van der Waals surface area contributed by atoms with Crippen molar-refractivity contribution in [3.8, 4) is 5.75 Å². The standard InChI is InChI=1S/C27H33N3O8/c1-12(31)18-23(35)21(30(4)5)16-9-26(11-29-13(2)32)8-15-14(10-28-3)6-7-17(33)19(15)22(34)20(26)25(37)27(16,38)24(18)36/h6-7,16,21,28,33,35,37-38H,8-11H2,1-5H3,(H,29,32)/t16-,21-,26-,27+/m0/s1. The fourth-order valence-electron chi connectivity index (χ4n) is 6.47. The molecule has 1 amide bonds. The number of hydrogen-bond acceptors (Lipinski definition) is 10. The lowest BCUT2D eigenvalue weighted by Crippen LogP contribution is -2.66. The molecule has 3 aliphatic carbocycles. The summed E-state index contributed by atoms with van der Waals surface area (Å²) < 4.78 is 0. The second kappa shape index (κ2) is 9.33. The van der Waals surface area contributed by atoms with E-state index in [-0.39, 0.29) is 36.3 Å². The Morgan fingerprint density at radius 2 is 1.79 bits per heavy atom. The number of carbonyl (C=O) groups excluding carboxylic acids is 4. The van der Waals surface area contributed by atoms with Crippen LogP contribution in [0.2, 0.25) is 0 Å². The Kier molecular flexibility index (Phi) is 6.75. The molecule has 1 aromatic rings. The molecule has 0 fully saturated rings. The fourth-order valence-corrected chi connectivity index (χ4v) is 6.47. The van der Waals surface area contributed by atoms with Crippen molar-refractivity contribution in [3.63, 3.8) is 0 Å². The van der Waals surface area contributed by atoms with E-state index in [2.05, 4.69) is 10.6 Å². The average molecular weight is 528 g/mol. The highest BCUT2D eigenvalue weighted by Gasteiger charge is 2.66. The van der Waals surface area contributed by atoms with E-state index in [1.54, 1.807) is 27.2 Å². The Labute approximate surface area is 219 Å². The number of benzene rings is 1. The maximum atomic E-state index is 14.0. The summed E-state index contributed by atoms with van der Waals surface area (Å²) in [5.41, 5.74) is -3.75. The molecule has 0 radical (unpaired) electrons. The topological polar surface area (TPSA) is 176 Å². The van der Waals surface area contributed by atoms with Gasteiger partial charge in [0.05, 0.1) is 11.6 Å². The maximum Gasteiger partial charge on any atom is 0.216 e. The number of aliphatic hydroxyl groups is 3. The van der Waals surface area contributed by atoms with Crippen LogP contribution in [0.4, 0.5) is 0 Å². The molecule has 0 bridgehead atoms. The number of amides is 1. The van der Waals surface area contributed by atoms with Crippen LogP contribution in [0, 0.1) is 11.3 Å². The van der Waals surface area contributed by atoms with Crippen molar-refractivity contribution in [1.29, 1.82) is 0 Å². The minimum absolute atomic E-state index is 0.0580. The van der Waals surface area contributed by atoms with Crippen molar-refractivity contribution >= 4 is 23.3 Å². The molecule has 6 N–H and O–H groups in total. The van der Waals surface area contributed by atoms with E-state index in [1.165, 1.54) is 17.9 Å². The molecule has 0 saturated carbocycles. The number of rotatable bonds is 6. The van der Waals surface area contributed by atoms with Crippen LogP contribution in [0.1, 0.15) is 41.8 Å². The number of likely N-dealkylation sites (N-methyl/N-ethyl adjacent to an activating group) is 1. The summed E-state index contributed by atoms with van der Waals surface area (Å²) in [5, 5.41) is 51.0. The third-order valence-electron chi connectivity index (χ3n) is 8.07. The van der Waals surface area contributed by atoms with E-state index in [4.69, 9.17) is 0 Å². The van der Waals surface area contributed by atoms with Crippen LogP contribution in [0.15, 0.2) is 34.8 Å². The van der Waals surface area contributed by atoms with Gasteiger partial charge in [0.25, 0.3) is 0 Å². The zero-order valence-corrected chi connectivity index (χ0v) is 22.0. The van der Waals surface area contributed by atoms with Crippen molar-refractivity contribution in [2.24, 2.45) is 11.3 Å². The molecular formula is C27H33N3O8. The number of phenols is 1. The number of ketones is 3. The van der Waals surface area contributed by atoms with E-state index in [0.29, 0.717) is 12.1 Å². The monoisotopic (exact) mass is 527 g/mol. The minimum atomic E-state index is -2.69. The van der Waals surface area contributed by atoms with Crippen LogP contribution in [0.5, 0.6) is 5.75 Å². The van der Waals surface area contributed by atoms with Gasteiger partial charge in [-0.15, -0.1) is 0 Å². The molecule has 204 valence electrons. The molecule has 0 aromatic heterocycles. The van der Waals surface area contributed by atoms with Crippen molar-refractivity contribution in [1.82, 2.24) is 15.5 Å². The zero-order valence-electron chi connectivity index (χ0n) is 22.0. The van der Waals surface area contributed by atoms with Gasteiger partial charge < -0.3 is 31.1 Å². The fraction of sp³-hybridized carbons (Fsp3) is 0.481. The minimum Gasteiger partial charge on any atom is -0.510 e. The van der Waals surface area contributed by atoms with Gasteiger partial charge in [-0.2, -0.15) is 0 Å². The van der Waals surface area contributed by atoms with E-state index in [1.807, 2.05) is 0 Å². The molecule has 0 saturated heterocycles. The molecule has 0 unspecified atom stereocenters. The Morgan fingerprint density at radius 1 is 1.13 bits per heavy atom. The molecule has 11 heteroatoms. The summed E-state index contributed by atoms with van der Waals surface area (Å²) in [6.45, 7) is 2.62. The third kappa shape index (κ3) is 3.76.